The van der Waals surface area contributed by atoms with Gasteiger partial charge in [0.05, 0.1) is 56.9 Å². The average molecular weight is 1160 g/mol. The molecule has 454 valence electrons. The van der Waals surface area contributed by atoms with Crippen molar-refractivity contribution in [2.24, 2.45) is 5.92 Å². The van der Waals surface area contributed by atoms with Crippen molar-refractivity contribution < 1.29 is 33.4 Å². The summed E-state index contributed by atoms with van der Waals surface area (Å²) in [6, 6.07) is 31.2. The molecule has 0 spiro atoms. The molecular weight excluding hydrogens is 1070 g/mol. The highest BCUT2D eigenvalue weighted by molar-refractivity contribution is 5.92. The summed E-state index contributed by atoms with van der Waals surface area (Å²) in [6.45, 7) is 6.22. The van der Waals surface area contributed by atoms with Crippen molar-refractivity contribution in [2.75, 3.05) is 57.5 Å². The van der Waals surface area contributed by atoms with E-state index in [4.69, 9.17) is 19.9 Å². The molecule has 6 N–H and O–H groups in total. The Hall–Kier alpha value is -7.44. The number of nitrogens with two attached hydrogens (primary N) is 1. The SMILES string of the molecule is CNc1nncc2cc(OCCC3CCCCN3C(=O)C(NCC(=O)OC(C)C)C(c3ccccc3)c3ccccc3)ccc12.Nc1nncc2cc(OCCC3CCCCN3C(=O)[C@@H](CC3CCCCC3)NCC(=O)NC3CCCC3)ccc12. The van der Waals surface area contributed by atoms with Crippen molar-refractivity contribution in [3.05, 3.63) is 121 Å². The predicted octanol–water partition coefficient (Wildman–Crippen LogP) is 9.91. The Morgan fingerprint density at radius 3 is 1.78 bits per heavy atom. The van der Waals surface area contributed by atoms with Crippen LogP contribution >= 0.6 is 0 Å². The maximum absolute atomic E-state index is 14.6. The van der Waals surface area contributed by atoms with E-state index in [2.05, 4.69) is 46.6 Å². The number of aromatic nitrogens is 4. The second-order valence-electron chi connectivity index (χ2n) is 23.7. The van der Waals surface area contributed by atoms with Crippen LogP contribution in [0.1, 0.15) is 146 Å². The summed E-state index contributed by atoms with van der Waals surface area (Å²) >= 11 is 0. The summed E-state index contributed by atoms with van der Waals surface area (Å²) in [4.78, 5) is 58.1. The number of nitrogen functional groups attached to an aromatic ring is 1. The number of piperidine rings is 2. The van der Waals surface area contributed by atoms with Crippen LogP contribution < -0.4 is 36.5 Å². The lowest BCUT2D eigenvalue weighted by molar-refractivity contribution is -0.147. The highest BCUT2D eigenvalue weighted by Gasteiger charge is 2.38. The number of esters is 1. The monoisotopic (exact) mass is 1160 g/mol. The van der Waals surface area contributed by atoms with Crippen molar-refractivity contribution in [3.8, 4) is 11.5 Å². The molecule has 2 aromatic heterocycles. The van der Waals surface area contributed by atoms with Gasteiger partial charge in [-0.05, 0) is 125 Å². The summed E-state index contributed by atoms with van der Waals surface area (Å²) in [5.41, 5.74) is 7.94. The molecule has 10 rings (SSSR count). The van der Waals surface area contributed by atoms with Crippen LogP contribution in [-0.4, -0.2) is 137 Å². The van der Waals surface area contributed by atoms with Gasteiger partial charge in [-0.25, -0.2) is 0 Å². The fourth-order valence-corrected chi connectivity index (χ4v) is 13.0. The predicted molar refractivity (Wildman–Crippen MR) is 333 cm³/mol. The smallest absolute Gasteiger partial charge is 0.320 e. The summed E-state index contributed by atoms with van der Waals surface area (Å²) in [5.74, 6) is 2.67. The fourth-order valence-electron chi connectivity index (χ4n) is 13.0. The Labute approximate surface area is 501 Å². The molecule has 4 aromatic carbocycles. The third kappa shape index (κ3) is 17.6. The number of nitrogens with zero attached hydrogens (tertiary/aromatic N) is 6. The lowest BCUT2D eigenvalue weighted by Gasteiger charge is -2.40. The molecule has 3 unspecified atom stereocenters. The number of carbonyl (C=O) groups excluding carboxylic acids is 4. The first-order chi connectivity index (χ1) is 41.5. The van der Waals surface area contributed by atoms with E-state index in [0.717, 1.165) is 121 Å². The lowest BCUT2D eigenvalue weighted by atomic mass is 9.83. The van der Waals surface area contributed by atoms with Gasteiger partial charge in [-0.15, -0.1) is 10.2 Å². The standard InChI is InChI=1S/C36H43N5O4.C31H46N6O3/c1-25(2)45-32(42)24-38-34(33(26-12-6-4-7-13-26)27-14-8-5-9-15-27)36(43)41-20-11-10-16-29(41)19-21-44-30-17-18-31-28(22-30)23-39-40-35(31)37-3;32-30-27-14-13-26(19-23(27)20-34-36-30)40-17-15-25-12-6-7-16-37(25)31(39)28(18-22-8-2-1-3-9-22)33-21-29(38)35-24-10-4-5-11-24/h4-9,12-15,17-18,22-23,25,29,33-34,38H,10-11,16,19-21,24H2,1-3H3,(H,37,40);13-14,19-20,22,24-25,28,33H,1-12,15-18,21H2,(H2,32,36)(H,35,38)/t;25?,28-/m.1/s1. The summed E-state index contributed by atoms with van der Waals surface area (Å²) in [6.07, 6.45) is 22.1. The van der Waals surface area contributed by atoms with Gasteiger partial charge < -0.3 is 40.4 Å². The number of amides is 3. The number of likely N-dealkylation sites (tertiary alicyclic amines) is 2. The maximum atomic E-state index is 14.6. The molecule has 6 aromatic rings. The molecule has 2 saturated carbocycles. The van der Waals surface area contributed by atoms with E-state index in [0.29, 0.717) is 44.0 Å². The van der Waals surface area contributed by atoms with Crippen LogP contribution in [0.15, 0.2) is 109 Å². The highest BCUT2D eigenvalue weighted by Crippen LogP contribution is 2.34. The minimum atomic E-state index is -0.668. The molecule has 3 amide bonds. The van der Waals surface area contributed by atoms with Crippen molar-refractivity contribution >= 4 is 56.9 Å². The summed E-state index contributed by atoms with van der Waals surface area (Å²) in [5, 5.41) is 32.7. The zero-order valence-corrected chi connectivity index (χ0v) is 50.1. The lowest BCUT2D eigenvalue weighted by Crippen LogP contribution is -2.55. The molecule has 2 saturated heterocycles. The topological polar surface area (TPSA) is 228 Å². The molecule has 4 aliphatic rings. The number of carbonyl (C=O) groups is 4. The summed E-state index contributed by atoms with van der Waals surface area (Å²) in [7, 11) is 1.82. The molecule has 2 aliphatic carbocycles. The molecule has 85 heavy (non-hydrogen) atoms. The van der Waals surface area contributed by atoms with Gasteiger partial charge in [-0.1, -0.05) is 106 Å². The second kappa shape index (κ2) is 31.6. The molecular formula is C67H89N11O7. The van der Waals surface area contributed by atoms with Crippen LogP contribution in [0, 0.1) is 5.92 Å². The number of fused-ring (bicyclic) bond motifs is 2. The third-order valence-corrected chi connectivity index (χ3v) is 17.4. The van der Waals surface area contributed by atoms with E-state index in [-0.39, 0.29) is 66.9 Å². The first-order valence-electron chi connectivity index (χ1n) is 31.4. The van der Waals surface area contributed by atoms with Crippen LogP contribution in [0.4, 0.5) is 11.6 Å². The van der Waals surface area contributed by atoms with Crippen molar-refractivity contribution in [3.63, 3.8) is 0 Å². The van der Waals surface area contributed by atoms with Crippen molar-refractivity contribution in [1.82, 2.24) is 46.1 Å². The second-order valence-corrected chi connectivity index (χ2v) is 23.7. The number of benzene rings is 4. The zero-order valence-electron chi connectivity index (χ0n) is 50.1. The van der Waals surface area contributed by atoms with Gasteiger partial charge in [0, 0.05) is 78.6 Å². The molecule has 18 heteroatoms. The average Bonchev–Trinajstić information content (AvgIpc) is 3.77. The number of hydrogen-bond acceptors (Lipinski definition) is 15. The van der Waals surface area contributed by atoms with Crippen molar-refractivity contribution in [2.45, 2.75) is 172 Å². The minimum Gasteiger partial charge on any atom is -0.493 e. The number of hydrogen-bond donors (Lipinski definition) is 5. The van der Waals surface area contributed by atoms with Crippen molar-refractivity contribution in [1.29, 1.82) is 0 Å². The quantitative estimate of drug-likeness (QED) is 0.0355. The Bertz CT molecular complexity index is 3050. The Kier molecular flexibility index (Phi) is 23.1. The minimum absolute atomic E-state index is 0.0139. The molecule has 4 fully saturated rings. The van der Waals surface area contributed by atoms with E-state index in [1.165, 1.54) is 44.9 Å². The first-order valence-corrected chi connectivity index (χ1v) is 31.4. The van der Waals surface area contributed by atoms with E-state index in [1.54, 1.807) is 12.4 Å². The van der Waals surface area contributed by atoms with Gasteiger partial charge in [0.25, 0.3) is 0 Å². The molecule has 4 heterocycles. The van der Waals surface area contributed by atoms with Gasteiger partial charge in [0.1, 0.15) is 11.5 Å². The molecule has 0 radical (unpaired) electrons. The molecule has 0 bridgehead atoms. The van der Waals surface area contributed by atoms with Gasteiger partial charge in [-0.3, -0.25) is 29.8 Å². The number of nitrogens with one attached hydrogen (secondary N) is 4. The number of rotatable bonds is 24. The maximum Gasteiger partial charge on any atom is 0.320 e. The number of ether oxygens (including phenoxy) is 3. The van der Waals surface area contributed by atoms with Gasteiger partial charge >= 0.3 is 5.97 Å². The van der Waals surface area contributed by atoms with E-state index in [9.17, 15) is 19.2 Å². The largest absolute Gasteiger partial charge is 0.493 e. The first kappa shape index (κ1) is 62.1. The van der Waals surface area contributed by atoms with E-state index < -0.39 is 6.04 Å². The van der Waals surface area contributed by atoms with Crippen LogP contribution in [0.25, 0.3) is 21.5 Å². The number of anilines is 2. The van der Waals surface area contributed by atoms with Gasteiger partial charge in [0.15, 0.2) is 11.6 Å². The van der Waals surface area contributed by atoms with Crippen LogP contribution in [0.3, 0.4) is 0 Å². The molecule has 4 atom stereocenters. The molecule has 2 aliphatic heterocycles. The normalized spacial score (nSPS) is 18.4. The molecule has 18 nitrogen and oxygen atoms in total. The van der Waals surface area contributed by atoms with Crippen LogP contribution in [0.5, 0.6) is 11.5 Å². The third-order valence-electron chi connectivity index (χ3n) is 17.4. The fraction of sp³-hybridized carbons (Fsp3) is 0.522. The van der Waals surface area contributed by atoms with E-state index >= 15 is 0 Å². The van der Waals surface area contributed by atoms with Crippen LogP contribution in [-0.2, 0) is 23.9 Å². The van der Waals surface area contributed by atoms with E-state index in [1.807, 2.05) is 123 Å². The Morgan fingerprint density at radius 2 is 1.18 bits per heavy atom. The Morgan fingerprint density at radius 1 is 0.624 bits per heavy atom. The summed E-state index contributed by atoms with van der Waals surface area (Å²) < 4.78 is 17.7. The zero-order chi connectivity index (χ0) is 59.3. The Balaban J connectivity index is 0.000000205. The van der Waals surface area contributed by atoms with Crippen LogP contribution in [0.2, 0.25) is 0 Å². The van der Waals surface area contributed by atoms with Gasteiger partial charge in [0.2, 0.25) is 17.7 Å². The van der Waals surface area contributed by atoms with Gasteiger partial charge in [-0.2, -0.15) is 10.2 Å². The highest BCUT2D eigenvalue weighted by atomic mass is 16.5.